The van der Waals surface area contributed by atoms with E-state index in [1.165, 1.54) is 18.2 Å². The number of Topliss-reactive ketones (excluding diaryl/α,β-unsaturated/α-hetero) is 1. The van der Waals surface area contributed by atoms with Gasteiger partial charge >= 0.3 is 6.03 Å². The molecule has 3 rings (SSSR count). The number of nitrogens with zero attached hydrogens (tertiary/aromatic N) is 1. The van der Waals surface area contributed by atoms with Crippen LogP contribution in [0.1, 0.15) is 43.0 Å². The lowest BCUT2D eigenvalue weighted by Gasteiger charge is -2.36. The first-order valence-electron chi connectivity index (χ1n) is 7.97. The van der Waals surface area contributed by atoms with Crippen molar-refractivity contribution in [1.29, 1.82) is 0 Å². The molecule has 2 atom stereocenters. The second kappa shape index (κ2) is 6.37. The maximum Gasteiger partial charge on any atom is 0.325 e. The van der Waals surface area contributed by atoms with Crippen molar-refractivity contribution < 1.29 is 14.4 Å². The molecule has 2 fully saturated rings. The highest BCUT2D eigenvalue weighted by Crippen LogP contribution is 2.38. The monoisotopic (exact) mass is 368 g/mol. The van der Waals surface area contributed by atoms with Crippen molar-refractivity contribution in [2.45, 2.75) is 38.1 Å². The van der Waals surface area contributed by atoms with Crippen LogP contribution >= 0.6 is 23.2 Å². The number of rotatable bonds is 3. The van der Waals surface area contributed by atoms with Gasteiger partial charge in [0.15, 0.2) is 5.78 Å². The normalized spacial score (nSPS) is 26.8. The van der Waals surface area contributed by atoms with E-state index in [2.05, 4.69) is 5.32 Å². The van der Waals surface area contributed by atoms with Crippen LogP contribution in [-0.4, -0.2) is 34.7 Å². The van der Waals surface area contributed by atoms with Gasteiger partial charge in [-0.25, -0.2) is 4.79 Å². The van der Waals surface area contributed by atoms with Crippen LogP contribution in [0.2, 0.25) is 10.0 Å². The highest BCUT2D eigenvalue weighted by atomic mass is 35.5. The summed E-state index contributed by atoms with van der Waals surface area (Å²) >= 11 is 11.8. The molecule has 7 heteroatoms. The van der Waals surface area contributed by atoms with Crippen LogP contribution in [0.25, 0.3) is 0 Å². The molecule has 0 aromatic heterocycles. The Bertz CT molecular complexity index is 722. The van der Waals surface area contributed by atoms with Gasteiger partial charge in [0.25, 0.3) is 5.91 Å². The van der Waals surface area contributed by atoms with E-state index >= 15 is 0 Å². The summed E-state index contributed by atoms with van der Waals surface area (Å²) in [6, 6.07) is 4.01. The van der Waals surface area contributed by atoms with Gasteiger partial charge in [-0.15, -0.1) is 0 Å². The van der Waals surface area contributed by atoms with Crippen molar-refractivity contribution in [2.75, 3.05) is 6.54 Å². The summed E-state index contributed by atoms with van der Waals surface area (Å²) in [6.07, 6.45) is 3.45. The quantitative estimate of drug-likeness (QED) is 0.653. The second-order valence-corrected chi connectivity index (χ2v) is 7.31. The lowest BCUT2D eigenvalue weighted by atomic mass is 9.73. The fourth-order valence-electron chi connectivity index (χ4n) is 3.54. The maximum absolute atomic E-state index is 12.8. The van der Waals surface area contributed by atoms with E-state index in [1.54, 1.807) is 0 Å². The van der Waals surface area contributed by atoms with Crippen molar-refractivity contribution in [3.8, 4) is 0 Å². The summed E-state index contributed by atoms with van der Waals surface area (Å²) in [4.78, 5) is 38.6. The van der Waals surface area contributed by atoms with Crippen LogP contribution in [-0.2, 0) is 4.79 Å². The molecule has 128 valence electrons. The molecule has 5 nitrogen and oxygen atoms in total. The Morgan fingerprint density at radius 2 is 2.04 bits per heavy atom. The molecule has 0 bridgehead atoms. The number of ketones is 1. The van der Waals surface area contributed by atoms with Gasteiger partial charge in [-0.2, -0.15) is 0 Å². The minimum absolute atomic E-state index is 0.0628. The Morgan fingerprint density at radius 1 is 1.29 bits per heavy atom. The Hall–Kier alpha value is -1.59. The number of benzene rings is 1. The van der Waals surface area contributed by atoms with Crippen molar-refractivity contribution in [1.82, 2.24) is 10.2 Å². The topological polar surface area (TPSA) is 66.5 Å². The molecule has 1 aromatic rings. The molecule has 0 radical (unpaired) electrons. The Kier molecular flexibility index (Phi) is 4.58. The SMILES string of the molecule is C[C@@H]1CCCC[C@@]12NC(=O)N(CC(=O)c1ccc(Cl)c(Cl)c1)C2=O. The minimum atomic E-state index is -0.854. The lowest BCUT2D eigenvalue weighted by molar-refractivity contribution is -0.133. The van der Waals surface area contributed by atoms with E-state index < -0.39 is 11.6 Å². The van der Waals surface area contributed by atoms with Crippen LogP contribution in [0.4, 0.5) is 4.79 Å². The first kappa shape index (κ1) is 17.2. The molecular weight excluding hydrogens is 351 g/mol. The molecule has 3 amide bonds. The van der Waals surface area contributed by atoms with E-state index in [9.17, 15) is 14.4 Å². The average molecular weight is 369 g/mol. The van der Waals surface area contributed by atoms with Crippen LogP contribution in [0, 0.1) is 5.92 Å². The number of carbonyl (C=O) groups excluding carboxylic acids is 3. The fourth-order valence-corrected chi connectivity index (χ4v) is 3.84. The van der Waals surface area contributed by atoms with Gasteiger partial charge in [0.05, 0.1) is 16.6 Å². The molecule has 1 saturated carbocycles. The van der Waals surface area contributed by atoms with Gasteiger partial charge in [-0.05, 0) is 37.0 Å². The number of halogens is 2. The van der Waals surface area contributed by atoms with E-state index in [0.717, 1.165) is 24.2 Å². The molecule has 24 heavy (non-hydrogen) atoms. The molecule has 1 N–H and O–H groups in total. The molecule has 2 aliphatic rings. The van der Waals surface area contributed by atoms with Crippen LogP contribution in [0.15, 0.2) is 18.2 Å². The Morgan fingerprint density at radius 3 is 2.71 bits per heavy atom. The lowest BCUT2D eigenvalue weighted by Crippen LogP contribution is -2.54. The number of hydrogen-bond acceptors (Lipinski definition) is 3. The van der Waals surface area contributed by atoms with Crippen molar-refractivity contribution >= 4 is 40.9 Å². The molecule has 1 aliphatic heterocycles. The van der Waals surface area contributed by atoms with Gasteiger partial charge in [0.1, 0.15) is 5.54 Å². The summed E-state index contributed by atoms with van der Waals surface area (Å²) in [5.74, 6) is -0.585. The third-order valence-corrected chi connectivity index (χ3v) is 5.78. The Balaban J connectivity index is 1.80. The second-order valence-electron chi connectivity index (χ2n) is 6.49. The number of amides is 3. The summed E-state index contributed by atoms with van der Waals surface area (Å²) in [7, 11) is 0. The number of nitrogens with one attached hydrogen (secondary N) is 1. The van der Waals surface area contributed by atoms with Crippen molar-refractivity contribution in [3.05, 3.63) is 33.8 Å². The molecule has 1 saturated heterocycles. The van der Waals surface area contributed by atoms with E-state index in [0.29, 0.717) is 17.0 Å². The first-order valence-corrected chi connectivity index (χ1v) is 8.73. The van der Waals surface area contributed by atoms with Gasteiger partial charge in [-0.1, -0.05) is 43.0 Å². The Labute approximate surface area is 150 Å². The standard InChI is InChI=1S/C17H18Cl2N2O3/c1-10-4-2-3-7-17(10)15(23)21(16(24)20-17)9-14(22)11-5-6-12(18)13(19)8-11/h5-6,8,10H,2-4,7,9H2,1H3,(H,20,24)/t10-,17-/m1/s1. The molecule has 1 spiro atoms. The van der Waals surface area contributed by atoms with Gasteiger partial charge < -0.3 is 5.32 Å². The fraction of sp³-hybridized carbons (Fsp3) is 0.471. The van der Waals surface area contributed by atoms with E-state index in [-0.39, 0.29) is 29.2 Å². The van der Waals surface area contributed by atoms with Gasteiger partial charge in [0.2, 0.25) is 0 Å². The zero-order valence-electron chi connectivity index (χ0n) is 13.3. The van der Waals surface area contributed by atoms with E-state index in [4.69, 9.17) is 23.2 Å². The first-order chi connectivity index (χ1) is 11.3. The third kappa shape index (κ3) is 2.80. The molecule has 1 aliphatic carbocycles. The predicted octanol–water partition coefficient (Wildman–Crippen LogP) is 3.68. The van der Waals surface area contributed by atoms with Crippen LogP contribution < -0.4 is 5.32 Å². The zero-order valence-corrected chi connectivity index (χ0v) is 14.8. The van der Waals surface area contributed by atoms with Gasteiger partial charge in [-0.3, -0.25) is 14.5 Å². The summed E-state index contributed by atoms with van der Waals surface area (Å²) in [5.41, 5.74) is -0.532. The molecule has 1 aromatic carbocycles. The smallest absolute Gasteiger partial charge is 0.323 e. The summed E-state index contributed by atoms with van der Waals surface area (Å²) < 4.78 is 0. The van der Waals surface area contributed by atoms with Crippen LogP contribution in [0.3, 0.4) is 0 Å². The average Bonchev–Trinajstić information content (AvgIpc) is 2.78. The number of imide groups is 1. The third-order valence-electron chi connectivity index (χ3n) is 5.04. The number of carbonyl (C=O) groups is 3. The largest absolute Gasteiger partial charge is 0.325 e. The van der Waals surface area contributed by atoms with Crippen molar-refractivity contribution in [2.24, 2.45) is 5.92 Å². The van der Waals surface area contributed by atoms with Crippen LogP contribution in [0.5, 0.6) is 0 Å². The molecule has 0 unspecified atom stereocenters. The molecule has 1 heterocycles. The predicted molar refractivity (Wildman–Crippen MR) is 91.4 cm³/mol. The number of hydrogen-bond donors (Lipinski definition) is 1. The highest BCUT2D eigenvalue weighted by molar-refractivity contribution is 6.42. The summed E-state index contributed by atoms with van der Waals surface area (Å²) in [6.45, 7) is 1.68. The summed E-state index contributed by atoms with van der Waals surface area (Å²) in [5, 5.41) is 3.44. The zero-order chi connectivity index (χ0) is 17.5. The van der Waals surface area contributed by atoms with Crippen molar-refractivity contribution in [3.63, 3.8) is 0 Å². The van der Waals surface area contributed by atoms with E-state index in [1.807, 2.05) is 6.92 Å². The highest BCUT2D eigenvalue weighted by Gasteiger charge is 2.55. The minimum Gasteiger partial charge on any atom is -0.323 e. The number of urea groups is 1. The maximum atomic E-state index is 12.8. The van der Waals surface area contributed by atoms with Gasteiger partial charge in [0, 0.05) is 5.56 Å². The molecular formula is C17H18Cl2N2O3.